The molecule has 0 atom stereocenters. The molecule has 0 aliphatic carbocycles. The molecule has 2 aliphatic heterocycles. The van der Waals surface area contributed by atoms with Gasteiger partial charge in [-0.1, -0.05) is 6.08 Å². The minimum Gasteiger partial charge on any atom is -0.423 e. The highest BCUT2D eigenvalue weighted by Crippen LogP contribution is 2.38. The number of hydrogen-bond acceptors (Lipinski definition) is 9. The Morgan fingerprint density at radius 3 is 2.74 bits per heavy atom. The minimum atomic E-state index is -2.82. The Labute approximate surface area is 228 Å². The summed E-state index contributed by atoms with van der Waals surface area (Å²) in [7, 11) is 0. The second-order valence-corrected chi connectivity index (χ2v) is 10.4. The molecule has 5 rings (SSSR count). The third-order valence-electron chi connectivity index (χ3n) is 6.67. The van der Waals surface area contributed by atoms with E-state index in [1.807, 2.05) is 30.9 Å². The molecule has 1 amide bonds. The Morgan fingerprint density at radius 1 is 1.23 bits per heavy atom. The number of morpholine rings is 1. The number of benzene rings is 1. The van der Waals surface area contributed by atoms with Crippen LogP contribution in [0.5, 0.6) is 0 Å². The van der Waals surface area contributed by atoms with Crippen molar-refractivity contribution in [3.05, 3.63) is 46.1 Å². The Hall–Kier alpha value is -3.64. The molecule has 0 saturated carbocycles. The van der Waals surface area contributed by atoms with E-state index < -0.39 is 18.4 Å². The van der Waals surface area contributed by atoms with Crippen molar-refractivity contribution in [2.45, 2.75) is 32.6 Å². The number of allylic oxidation sites excluding steroid dienone is 4. The van der Waals surface area contributed by atoms with Gasteiger partial charge < -0.3 is 24.3 Å². The third kappa shape index (κ3) is 6.01. The van der Waals surface area contributed by atoms with Crippen molar-refractivity contribution in [3.8, 4) is 0 Å². The summed E-state index contributed by atoms with van der Waals surface area (Å²) in [6.07, 6.45) is 3.90. The molecule has 1 N–H and O–H groups in total. The van der Waals surface area contributed by atoms with E-state index in [1.54, 1.807) is 22.4 Å². The van der Waals surface area contributed by atoms with Crippen LogP contribution >= 0.6 is 11.3 Å². The predicted octanol–water partition coefficient (Wildman–Crippen LogP) is 5.62. The first-order valence-electron chi connectivity index (χ1n) is 12.7. The number of aromatic nitrogens is 2. The van der Waals surface area contributed by atoms with Crippen molar-refractivity contribution < 1.29 is 22.7 Å². The van der Waals surface area contributed by atoms with Crippen molar-refractivity contribution >= 4 is 58.0 Å². The van der Waals surface area contributed by atoms with Crippen LogP contribution in [0.15, 0.2) is 44.8 Å². The van der Waals surface area contributed by atoms with Gasteiger partial charge in [-0.2, -0.15) is 4.98 Å². The number of rotatable bonds is 7. The van der Waals surface area contributed by atoms with E-state index in [9.17, 15) is 13.6 Å². The molecular formula is C27H30F2N6O3S. The average Bonchev–Trinajstić information content (AvgIpc) is 3.58. The van der Waals surface area contributed by atoms with E-state index in [0.717, 1.165) is 11.3 Å². The topological polar surface area (TPSA) is 96.1 Å². The Bertz CT molecular complexity index is 1440. The summed E-state index contributed by atoms with van der Waals surface area (Å²) in [6, 6.07) is 3.80. The molecule has 206 valence electrons. The maximum absolute atomic E-state index is 14.4. The van der Waals surface area contributed by atoms with Crippen molar-refractivity contribution in [2.24, 2.45) is 4.99 Å². The number of aliphatic imine (C=N–C) groups is 1. The van der Waals surface area contributed by atoms with E-state index in [-0.39, 0.29) is 12.1 Å². The number of hydrogen-bond donors (Lipinski definition) is 1. The Morgan fingerprint density at radius 2 is 2.03 bits per heavy atom. The summed E-state index contributed by atoms with van der Waals surface area (Å²) < 4.78 is 40.2. The lowest BCUT2D eigenvalue weighted by Crippen LogP contribution is -2.43. The molecule has 12 heteroatoms. The first-order chi connectivity index (χ1) is 18.8. The molecular weight excluding hydrogens is 526 g/mol. The number of halogens is 2. The first-order valence-corrected chi connectivity index (χ1v) is 13.6. The highest BCUT2D eigenvalue weighted by Gasteiger charge is 2.36. The SMILES string of the molecule is C=N/C(C)=C\C(=C/C)c1nc(C(=O)Nc2cc3oc(N4CCOCC4)nc3cc2N2CCCC(F)(F)C2)cs1. The molecule has 0 unspecified atom stereocenters. The number of piperidine rings is 1. The Balaban J connectivity index is 1.47. The number of alkyl halides is 2. The molecule has 0 bridgehead atoms. The maximum Gasteiger partial charge on any atom is 0.298 e. The second kappa shape index (κ2) is 11.2. The molecule has 2 saturated heterocycles. The van der Waals surface area contributed by atoms with Crippen LogP contribution < -0.4 is 15.1 Å². The fourth-order valence-corrected chi connectivity index (χ4v) is 5.46. The first kappa shape index (κ1) is 26.9. The summed E-state index contributed by atoms with van der Waals surface area (Å²) in [5.74, 6) is -3.27. The number of nitrogens with zero attached hydrogens (tertiary/aromatic N) is 5. The van der Waals surface area contributed by atoms with Gasteiger partial charge in [-0.15, -0.1) is 11.3 Å². The quantitative estimate of drug-likeness (QED) is 0.298. The monoisotopic (exact) mass is 556 g/mol. The zero-order chi connectivity index (χ0) is 27.6. The smallest absolute Gasteiger partial charge is 0.298 e. The van der Waals surface area contributed by atoms with Gasteiger partial charge in [0.2, 0.25) is 0 Å². The molecule has 2 aliphatic rings. The molecule has 4 heterocycles. The van der Waals surface area contributed by atoms with Gasteiger partial charge >= 0.3 is 0 Å². The fraction of sp³-hybridized carbons (Fsp3) is 0.407. The average molecular weight is 557 g/mol. The number of oxazole rings is 1. The van der Waals surface area contributed by atoms with Crippen LogP contribution in [0, 0.1) is 0 Å². The molecule has 9 nitrogen and oxygen atoms in total. The predicted molar refractivity (Wildman–Crippen MR) is 150 cm³/mol. The number of nitrogens with one attached hydrogen (secondary N) is 1. The van der Waals surface area contributed by atoms with Crippen LogP contribution in [-0.4, -0.2) is 67.9 Å². The third-order valence-corrected chi connectivity index (χ3v) is 7.56. The van der Waals surface area contributed by atoms with Crippen LogP contribution in [-0.2, 0) is 4.74 Å². The largest absolute Gasteiger partial charge is 0.423 e. The number of thiazole rings is 1. The number of carbonyl (C=O) groups is 1. The number of fused-ring (bicyclic) bond motifs is 1. The summed E-state index contributed by atoms with van der Waals surface area (Å²) in [5, 5.41) is 5.21. The van der Waals surface area contributed by atoms with Gasteiger partial charge in [-0.3, -0.25) is 9.79 Å². The van der Waals surface area contributed by atoms with Gasteiger partial charge in [0.05, 0.1) is 31.1 Å². The van der Waals surface area contributed by atoms with Crippen LogP contribution in [0.4, 0.5) is 26.2 Å². The van der Waals surface area contributed by atoms with Crippen LogP contribution in [0.25, 0.3) is 16.7 Å². The molecule has 0 radical (unpaired) electrons. The van der Waals surface area contributed by atoms with Crippen LogP contribution in [0.2, 0.25) is 0 Å². The lowest BCUT2D eigenvalue weighted by Gasteiger charge is -2.35. The number of amides is 1. The van der Waals surface area contributed by atoms with Gasteiger partial charge in [-0.05, 0) is 39.1 Å². The Kier molecular flexibility index (Phi) is 7.76. The normalized spacial score (nSPS) is 18.5. The molecule has 0 spiro atoms. The number of ether oxygens (including phenoxy) is 1. The number of anilines is 3. The van der Waals surface area contributed by atoms with E-state index >= 15 is 0 Å². The van der Waals surface area contributed by atoms with Crippen LogP contribution in [0.3, 0.4) is 0 Å². The van der Waals surface area contributed by atoms with Gasteiger partial charge in [0.1, 0.15) is 16.2 Å². The lowest BCUT2D eigenvalue weighted by atomic mass is 10.1. The van der Waals surface area contributed by atoms with E-state index in [1.165, 1.54) is 11.3 Å². The molecule has 2 fully saturated rings. The number of carbonyl (C=O) groups excluding carboxylic acids is 1. The molecule has 2 aromatic heterocycles. The summed E-state index contributed by atoms with van der Waals surface area (Å²) in [5.41, 5.74) is 3.58. The highest BCUT2D eigenvalue weighted by atomic mass is 32.1. The van der Waals surface area contributed by atoms with E-state index in [4.69, 9.17) is 9.15 Å². The lowest BCUT2D eigenvalue weighted by molar-refractivity contribution is -0.0116. The van der Waals surface area contributed by atoms with Crippen molar-refractivity contribution in [2.75, 3.05) is 54.5 Å². The maximum atomic E-state index is 14.4. The fourth-order valence-electron chi connectivity index (χ4n) is 4.61. The summed E-state index contributed by atoms with van der Waals surface area (Å²) in [4.78, 5) is 29.9. The summed E-state index contributed by atoms with van der Waals surface area (Å²) >= 11 is 1.33. The van der Waals surface area contributed by atoms with E-state index in [2.05, 4.69) is 27.0 Å². The zero-order valence-electron chi connectivity index (χ0n) is 21.9. The second-order valence-electron chi connectivity index (χ2n) is 9.49. The summed E-state index contributed by atoms with van der Waals surface area (Å²) in [6.45, 7) is 9.64. The van der Waals surface area contributed by atoms with Crippen molar-refractivity contribution in [1.82, 2.24) is 9.97 Å². The molecule has 39 heavy (non-hydrogen) atoms. The molecule has 1 aromatic carbocycles. The van der Waals surface area contributed by atoms with Gasteiger partial charge in [0.25, 0.3) is 17.8 Å². The van der Waals surface area contributed by atoms with Crippen LogP contribution in [0.1, 0.15) is 42.2 Å². The standard InChI is InChI=1S/C27H30F2N6O3S/c1-4-18(12-17(2)30-3)25-32-21(15-39-25)24(36)31-19-14-23-20(33-26(38-23)34-8-10-37-11-9-34)13-22(19)35-7-5-6-27(28,29)16-35/h4,12-15H,3,5-11,16H2,1-2H3,(H,31,36)/b17-12-,18-4+. The zero-order valence-corrected chi connectivity index (χ0v) is 22.7. The highest BCUT2D eigenvalue weighted by molar-refractivity contribution is 7.11. The van der Waals surface area contributed by atoms with Gasteiger partial charge in [0, 0.05) is 48.8 Å². The van der Waals surface area contributed by atoms with Gasteiger partial charge in [-0.25, -0.2) is 13.8 Å². The van der Waals surface area contributed by atoms with Crippen molar-refractivity contribution in [1.29, 1.82) is 0 Å². The van der Waals surface area contributed by atoms with Crippen molar-refractivity contribution in [3.63, 3.8) is 0 Å². The minimum absolute atomic E-state index is 0.164. The van der Waals surface area contributed by atoms with Gasteiger partial charge in [0.15, 0.2) is 5.58 Å². The van der Waals surface area contributed by atoms with E-state index in [0.29, 0.717) is 72.8 Å². The molecule has 3 aromatic rings.